The Kier molecular flexibility index (Phi) is 3.20. The van der Waals surface area contributed by atoms with E-state index in [-0.39, 0.29) is 5.91 Å². The lowest BCUT2D eigenvalue weighted by atomic mass is 10.1. The van der Waals surface area contributed by atoms with E-state index in [0.29, 0.717) is 12.1 Å². The molecule has 0 unspecified atom stereocenters. The second-order valence-corrected chi connectivity index (χ2v) is 3.73. The van der Waals surface area contributed by atoms with E-state index in [2.05, 4.69) is 10.4 Å². The van der Waals surface area contributed by atoms with Crippen molar-refractivity contribution in [2.75, 3.05) is 0 Å². The molecular weight excluding hydrogens is 216 g/mol. The average Bonchev–Trinajstić information content (AvgIpc) is 2.75. The van der Waals surface area contributed by atoms with E-state index >= 15 is 0 Å². The van der Waals surface area contributed by atoms with E-state index in [1.165, 1.54) is 0 Å². The van der Waals surface area contributed by atoms with Crippen LogP contribution in [-0.2, 0) is 6.54 Å². The quantitative estimate of drug-likeness (QED) is 0.466. The Balaban J connectivity index is 2.33. The fraction of sp³-hybridized carbons (Fsp3) is 0.167. The minimum atomic E-state index is -0.279. The number of rotatable bonds is 3. The molecule has 0 aliphatic rings. The van der Waals surface area contributed by atoms with Crippen LogP contribution in [0.2, 0.25) is 0 Å². The molecule has 1 aromatic carbocycles. The molecule has 0 saturated heterocycles. The van der Waals surface area contributed by atoms with Crippen molar-refractivity contribution in [1.82, 2.24) is 15.0 Å². The first-order valence-electron chi connectivity index (χ1n) is 5.29. The molecule has 1 aromatic heterocycles. The maximum atomic E-state index is 11.6. The topological polar surface area (TPSA) is 72.9 Å². The van der Waals surface area contributed by atoms with Crippen LogP contribution in [0.25, 0.3) is 0 Å². The zero-order chi connectivity index (χ0) is 12.3. The molecule has 1 heterocycles. The Labute approximate surface area is 99.2 Å². The van der Waals surface area contributed by atoms with E-state index in [1.807, 2.05) is 35.9 Å². The van der Waals surface area contributed by atoms with Gasteiger partial charge in [0.2, 0.25) is 0 Å². The maximum absolute atomic E-state index is 11.6. The summed E-state index contributed by atoms with van der Waals surface area (Å²) in [6.45, 7) is 2.53. The summed E-state index contributed by atoms with van der Waals surface area (Å²) in [4.78, 5) is 15.7. The van der Waals surface area contributed by atoms with E-state index < -0.39 is 0 Å². The molecule has 0 aliphatic heterocycles. The van der Waals surface area contributed by atoms with Crippen molar-refractivity contribution in [3.63, 3.8) is 0 Å². The van der Waals surface area contributed by atoms with Crippen LogP contribution in [0.3, 0.4) is 0 Å². The molecule has 0 aliphatic carbocycles. The van der Waals surface area contributed by atoms with Gasteiger partial charge in [0.25, 0.3) is 5.91 Å². The first kappa shape index (κ1) is 11.3. The molecule has 0 spiro atoms. The van der Waals surface area contributed by atoms with Crippen LogP contribution in [0.15, 0.2) is 36.7 Å². The third-order valence-corrected chi connectivity index (χ3v) is 2.66. The number of hydrogen-bond donors (Lipinski definition) is 2. The van der Waals surface area contributed by atoms with Crippen LogP contribution in [0.1, 0.15) is 21.7 Å². The highest BCUT2D eigenvalue weighted by atomic mass is 16.2. The number of hydrazine groups is 1. The van der Waals surface area contributed by atoms with E-state index in [9.17, 15) is 4.79 Å². The van der Waals surface area contributed by atoms with Crippen molar-refractivity contribution >= 4 is 5.91 Å². The number of nitrogens with zero attached hydrogens (tertiary/aromatic N) is 2. The first-order valence-corrected chi connectivity index (χ1v) is 5.29. The molecule has 5 heteroatoms. The summed E-state index contributed by atoms with van der Waals surface area (Å²) >= 11 is 0. The van der Waals surface area contributed by atoms with Gasteiger partial charge in [0, 0.05) is 24.5 Å². The number of nitrogen functional groups attached to an aromatic ring is 1. The number of benzene rings is 1. The number of imidazole rings is 1. The Morgan fingerprint density at radius 3 is 2.88 bits per heavy atom. The van der Waals surface area contributed by atoms with Crippen LogP contribution in [-0.4, -0.2) is 15.5 Å². The van der Waals surface area contributed by atoms with Gasteiger partial charge < -0.3 is 4.57 Å². The average molecular weight is 230 g/mol. The van der Waals surface area contributed by atoms with Crippen LogP contribution in [0.4, 0.5) is 0 Å². The van der Waals surface area contributed by atoms with Crippen LogP contribution in [0.5, 0.6) is 0 Å². The summed E-state index contributed by atoms with van der Waals surface area (Å²) in [6, 6.07) is 7.37. The molecule has 0 atom stereocenters. The lowest BCUT2D eigenvalue weighted by Gasteiger charge is -2.09. The van der Waals surface area contributed by atoms with Crippen molar-refractivity contribution in [3.8, 4) is 0 Å². The molecule has 2 rings (SSSR count). The van der Waals surface area contributed by atoms with Gasteiger partial charge in [-0.15, -0.1) is 0 Å². The zero-order valence-electron chi connectivity index (χ0n) is 9.55. The van der Waals surface area contributed by atoms with E-state index in [0.717, 1.165) is 11.4 Å². The number of aromatic nitrogens is 2. The van der Waals surface area contributed by atoms with Crippen molar-refractivity contribution in [2.45, 2.75) is 13.5 Å². The number of nitrogens with two attached hydrogens (primary N) is 1. The van der Waals surface area contributed by atoms with Crippen molar-refractivity contribution in [3.05, 3.63) is 53.6 Å². The molecule has 3 N–H and O–H groups in total. The van der Waals surface area contributed by atoms with E-state index in [1.54, 1.807) is 12.3 Å². The zero-order valence-corrected chi connectivity index (χ0v) is 9.55. The summed E-state index contributed by atoms with van der Waals surface area (Å²) in [6.07, 6.45) is 3.62. The highest BCUT2D eigenvalue weighted by Crippen LogP contribution is 2.11. The molecule has 5 nitrogen and oxygen atoms in total. The summed E-state index contributed by atoms with van der Waals surface area (Å²) < 4.78 is 1.97. The normalized spacial score (nSPS) is 10.2. The minimum absolute atomic E-state index is 0.279. The van der Waals surface area contributed by atoms with Gasteiger partial charge in [0.1, 0.15) is 5.82 Å². The third-order valence-electron chi connectivity index (χ3n) is 2.66. The smallest absolute Gasteiger partial charge is 0.265 e. The SMILES string of the molecule is Cc1nccn1Cc1ccccc1C(=O)NN. The molecule has 17 heavy (non-hydrogen) atoms. The van der Waals surface area contributed by atoms with Crippen LogP contribution < -0.4 is 11.3 Å². The summed E-state index contributed by atoms with van der Waals surface area (Å²) in [7, 11) is 0. The van der Waals surface area contributed by atoms with Gasteiger partial charge in [-0.25, -0.2) is 10.8 Å². The Morgan fingerprint density at radius 1 is 1.47 bits per heavy atom. The van der Waals surface area contributed by atoms with Gasteiger partial charge in [-0.1, -0.05) is 18.2 Å². The monoisotopic (exact) mass is 230 g/mol. The lowest BCUT2D eigenvalue weighted by molar-refractivity contribution is 0.0952. The largest absolute Gasteiger partial charge is 0.331 e. The van der Waals surface area contributed by atoms with Crippen molar-refractivity contribution in [2.24, 2.45) is 5.84 Å². The minimum Gasteiger partial charge on any atom is -0.331 e. The van der Waals surface area contributed by atoms with Gasteiger partial charge in [-0.3, -0.25) is 10.2 Å². The summed E-state index contributed by atoms with van der Waals surface area (Å²) in [5, 5.41) is 0. The van der Waals surface area contributed by atoms with Crippen LogP contribution in [0, 0.1) is 6.92 Å². The lowest BCUT2D eigenvalue weighted by Crippen LogP contribution is -2.31. The molecule has 0 bridgehead atoms. The molecule has 88 valence electrons. The second-order valence-electron chi connectivity index (χ2n) is 3.73. The number of hydrogen-bond acceptors (Lipinski definition) is 3. The number of carbonyl (C=O) groups is 1. The fourth-order valence-electron chi connectivity index (χ4n) is 1.71. The van der Waals surface area contributed by atoms with Gasteiger partial charge in [-0.2, -0.15) is 0 Å². The molecule has 0 fully saturated rings. The summed E-state index contributed by atoms with van der Waals surface area (Å²) in [5.41, 5.74) is 3.65. The van der Waals surface area contributed by atoms with Gasteiger partial charge in [-0.05, 0) is 18.6 Å². The Hall–Kier alpha value is -2.14. The third kappa shape index (κ3) is 2.34. The Morgan fingerprint density at radius 2 is 2.24 bits per heavy atom. The highest BCUT2D eigenvalue weighted by molar-refractivity contribution is 5.95. The fourth-order valence-corrected chi connectivity index (χ4v) is 1.71. The predicted molar refractivity (Wildman–Crippen MR) is 64.2 cm³/mol. The number of aryl methyl sites for hydroxylation is 1. The number of carbonyl (C=O) groups excluding carboxylic acids is 1. The number of nitrogens with one attached hydrogen (secondary N) is 1. The number of amides is 1. The van der Waals surface area contributed by atoms with Crippen molar-refractivity contribution < 1.29 is 4.79 Å². The van der Waals surface area contributed by atoms with Gasteiger partial charge in [0.15, 0.2) is 0 Å². The maximum Gasteiger partial charge on any atom is 0.265 e. The van der Waals surface area contributed by atoms with Gasteiger partial charge in [0.05, 0.1) is 0 Å². The first-order chi connectivity index (χ1) is 8.22. The molecule has 2 aromatic rings. The van der Waals surface area contributed by atoms with Gasteiger partial charge >= 0.3 is 0 Å². The molecular formula is C12H14N4O. The second kappa shape index (κ2) is 4.80. The Bertz CT molecular complexity index is 533. The molecule has 0 radical (unpaired) electrons. The highest BCUT2D eigenvalue weighted by Gasteiger charge is 2.10. The van der Waals surface area contributed by atoms with Crippen molar-refractivity contribution in [1.29, 1.82) is 0 Å². The molecule has 0 saturated carbocycles. The van der Waals surface area contributed by atoms with E-state index in [4.69, 9.17) is 5.84 Å². The predicted octanol–water partition coefficient (Wildman–Crippen LogP) is 0.843. The standard InChI is InChI=1S/C12H14N4O/c1-9-14-6-7-16(9)8-10-4-2-3-5-11(10)12(17)15-13/h2-7H,8,13H2,1H3,(H,15,17). The molecule has 1 amide bonds. The van der Waals surface area contributed by atoms with Crippen LogP contribution >= 0.6 is 0 Å². The summed E-state index contributed by atoms with van der Waals surface area (Å²) in [5.74, 6) is 5.79.